The summed E-state index contributed by atoms with van der Waals surface area (Å²) in [5, 5.41) is 0. The molecule has 0 saturated heterocycles. The molecule has 2 rings (SSSR count). The van der Waals surface area contributed by atoms with Crippen LogP contribution in [0.25, 0.3) is 0 Å². The molecule has 0 spiro atoms. The van der Waals surface area contributed by atoms with Gasteiger partial charge in [0.2, 0.25) is 10.0 Å². The third kappa shape index (κ3) is 3.58. The first kappa shape index (κ1) is 16.7. The van der Waals surface area contributed by atoms with Crippen LogP contribution in [0.1, 0.15) is 38.2 Å². The van der Waals surface area contributed by atoms with Gasteiger partial charge in [-0.25, -0.2) is 12.8 Å². The van der Waals surface area contributed by atoms with E-state index in [1.807, 2.05) is 0 Å². The minimum Gasteiger partial charge on any atom is -0.207 e. The first-order chi connectivity index (χ1) is 9.86. The van der Waals surface area contributed by atoms with E-state index in [0.717, 1.165) is 31.7 Å². The quantitative estimate of drug-likeness (QED) is 0.787. The van der Waals surface area contributed by atoms with E-state index < -0.39 is 15.8 Å². The van der Waals surface area contributed by atoms with E-state index in [9.17, 15) is 12.8 Å². The largest absolute Gasteiger partial charge is 0.243 e. The van der Waals surface area contributed by atoms with Gasteiger partial charge in [0, 0.05) is 19.0 Å². The van der Waals surface area contributed by atoms with Crippen LogP contribution in [0.2, 0.25) is 0 Å². The van der Waals surface area contributed by atoms with Crippen LogP contribution >= 0.6 is 11.6 Å². The summed E-state index contributed by atoms with van der Waals surface area (Å²) in [6.45, 7) is 2.14. The Hall–Kier alpha value is -0.650. The lowest BCUT2D eigenvalue weighted by Crippen LogP contribution is -2.40. The van der Waals surface area contributed by atoms with Crippen LogP contribution in [0.3, 0.4) is 0 Å². The molecule has 0 heterocycles. The van der Waals surface area contributed by atoms with Crippen molar-refractivity contribution in [3.63, 3.8) is 0 Å². The number of rotatable bonds is 4. The predicted molar refractivity (Wildman–Crippen MR) is 82.3 cm³/mol. The summed E-state index contributed by atoms with van der Waals surface area (Å²) in [4.78, 5) is -0.0155. The summed E-state index contributed by atoms with van der Waals surface area (Å²) in [5.41, 5.74) is 0.439. The van der Waals surface area contributed by atoms with Gasteiger partial charge in [0.05, 0.1) is 4.90 Å². The Morgan fingerprint density at radius 1 is 1.38 bits per heavy atom. The number of benzene rings is 1. The molecule has 1 aliphatic carbocycles. The molecule has 0 aromatic heterocycles. The average molecular weight is 334 g/mol. The minimum atomic E-state index is -3.72. The molecule has 0 N–H and O–H groups in total. The van der Waals surface area contributed by atoms with Gasteiger partial charge in [-0.3, -0.25) is 0 Å². The van der Waals surface area contributed by atoms with Crippen molar-refractivity contribution in [3.8, 4) is 0 Å². The van der Waals surface area contributed by atoms with Gasteiger partial charge < -0.3 is 0 Å². The molecule has 0 radical (unpaired) electrons. The van der Waals surface area contributed by atoms with E-state index in [1.165, 1.54) is 16.4 Å². The molecule has 1 aromatic rings. The third-order valence-electron chi connectivity index (χ3n) is 4.25. The Morgan fingerprint density at radius 3 is 2.71 bits per heavy atom. The molecule has 1 aliphatic rings. The summed E-state index contributed by atoms with van der Waals surface area (Å²) in [5.74, 6) is -0.00159. The van der Waals surface area contributed by atoms with Crippen molar-refractivity contribution in [2.75, 3.05) is 7.05 Å². The Morgan fingerprint density at radius 2 is 2.10 bits per heavy atom. The predicted octanol–water partition coefficient (Wildman–Crippen LogP) is 3.76. The van der Waals surface area contributed by atoms with Gasteiger partial charge in [-0.15, -0.1) is 11.6 Å². The van der Waals surface area contributed by atoms with Crippen LogP contribution in [0.5, 0.6) is 0 Å². The molecule has 6 heteroatoms. The molecular weight excluding hydrogens is 313 g/mol. The Kier molecular flexibility index (Phi) is 5.28. The number of hydrogen-bond acceptors (Lipinski definition) is 2. The van der Waals surface area contributed by atoms with Crippen molar-refractivity contribution in [2.45, 2.75) is 49.4 Å². The lowest BCUT2D eigenvalue weighted by Gasteiger charge is -2.33. The second-order valence-electron chi connectivity index (χ2n) is 5.83. The van der Waals surface area contributed by atoms with E-state index in [1.54, 1.807) is 7.05 Å². The molecule has 0 amide bonds. The summed E-state index contributed by atoms with van der Waals surface area (Å²) >= 11 is 5.80. The lowest BCUT2D eigenvalue weighted by molar-refractivity contribution is 0.239. The highest BCUT2D eigenvalue weighted by molar-refractivity contribution is 7.89. The fourth-order valence-electron chi connectivity index (χ4n) is 2.96. The molecule has 3 nitrogen and oxygen atoms in total. The maximum Gasteiger partial charge on any atom is 0.243 e. The van der Waals surface area contributed by atoms with Crippen LogP contribution in [0.15, 0.2) is 23.1 Å². The van der Waals surface area contributed by atoms with Crippen LogP contribution in [0.4, 0.5) is 4.39 Å². The Labute approximate surface area is 131 Å². The first-order valence-electron chi connectivity index (χ1n) is 7.18. The number of nitrogens with zero attached hydrogens (tertiary/aromatic N) is 1. The van der Waals surface area contributed by atoms with E-state index >= 15 is 0 Å². The number of hydrogen-bond donors (Lipinski definition) is 0. The summed E-state index contributed by atoms with van der Waals surface area (Å²) in [6, 6.07) is 3.71. The zero-order chi connectivity index (χ0) is 15.6. The Balaban J connectivity index is 2.35. The summed E-state index contributed by atoms with van der Waals surface area (Å²) in [6.07, 6.45) is 3.86. The van der Waals surface area contributed by atoms with Crippen LogP contribution in [-0.2, 0) is 15.9 Å². The molecule has 0 aliphatic heterocycles. The second-order valence-corrected chi connectivity index (χ2v) is 8.07. The molecule has 2 atom stereocenters. The van der Waals surface area contributed by atoms with E-state index in [-0.39, 0.29) is 16.8 Å². The molecule has 0 bridgehead atoms. The zero-order valence-corrected chi connectivity index (χ0v) is 13.9. The van der Waals surface area contributed by atoms with E-state index in [2.05, 4.69) is 6.92 Å². The molecule has 2 unspecified atom stereocenters. The zero-order valence-electron chi connectivity index (χ0n) is 12.4. The Bertz CT molecular complexity index is 606. The average Bonchev–Trinajstić information content (AvgIpc) is 2.46. The third-order valence-corrected chi connectivity index (χ3v) is 6.53. The van der Waals surface area contributed by atoms with Gasteiger partial charge >= 0.3 is 0 Å². The van der Waals surface area contributed by atoms with Gasteiger partial charge in [0.1, 0.15) is 5.82 Å². The van der Waals surface area contributed by atoms with Gasteiger partial charge in [-0.1, -0.05) is 25.8 Å². The van der Waals surface area contributed by atoms with Gasteiger partial charge in [-0.2, -0.15) is 4.31 Å². The van der Waals surface area contributed by atoms with E-state index in [4.69, 9.17) is 11.6 Å². The maximum atomic E-state index is 13.5. The maximum absolute atomic E-state index is 13.5. The normalized spacial score (nSPS) is 23.5. The van der Waals surface area contributed by atoms with Crippen molar-refractivity contribution < 1.29 is 12.8 Å². The fourth-order valence-corrected chi connectivity index (χ4v) is 4.90. The highest BCUT2D eigenvalue weighted by atomic mass is 35.5. The van der Waals surface area contributed by atoms with Crippen LogP contribution in [0, 0.1) is 11.7 Å². The fraction of sp³-hybridized carbons (Fsp3) is 0.600. The van der Waals surface area contributed by atoms with Crippen molar-refractivity contribution in [1.82, 2.24) is 4.31 Å². The summed E-state index contributed by atoms with van der Waals surface area (Å²) < 4.78 is 40.4. The highest BCUT2D eigenvalue weighted by Crippen LogP contribution is 2.31. The second kappa shape index (κ2) is 6.63. The van der Waals surface area contributed by atoms with Crippen LogP contribution < -0.4 is 0 Å². The van der Waals surface area contributed by atoms with Gasteiger partial charge in [0.25, 0.3) is 0 Å². The smallest absolute Gasteiger partial charge is 0.207 e. The van der Waals surface area contributed by atoms with Gasteiger partial charge in [-0.05, 0) is 36.5 Å². The number of alkyl halides is 1. The lowest BCUT2D eigenvalue weighted by atomic mass is 9.87. The SMILES string of the molecule is CC1CCCC(N(C)S(=O)(=O)c2cc(F)ccc2CCl)C1. The van der Waals surface area contributed by atoms with Gasteiger partial charge in [0.15, 0.2) is 0 Å². The highest BCUT2D eigenvalue weighted by Gasteiger charge is 2.32. The molecule has 1 saturated carbocycles. The topological polar surface area (TPSA) is 37.4 Å². The molecule has 1 aromatic carbocycles. The van der Waals surface area contributed by atoms with Crippen molar-refractivity contribution in [1.29, 1.82) is 0 Å². The molecule has 21 heavy (non-hydrogen) atoms. The number of halogens is 2. The molecular formula is C15H21ClFNO2S. The van der Waals surface area contributed by atoms with Crippen molar-refractivity contribution in [3.05, 3.63) is 29.6 Å². The van der Waals surface area contributed by atoms with Crippen LogP contribution in [-0.4, -0.2) is 25.8 Å². The van der Waals surface area contributed by atoms with E-state index in [0.29, 0.717) is 11.5 Å². The molecule has 1 fully saturated rings. The van der Waals surface area contributed by atoms with Crippen molar-refractivity contribution in [2.24, 2.45) is 5.92 Å². The monoisotopic (exact) mass is 333 g/mol. The minimum absolute atomic E-state index is 0.0155. The number of sulfonamides is 1. The first-order valence-corrected chi connectivity index (χ1v) is 9.16. The molecule has 118 valence electrons. The summed E-state index contributed by atoms with van der Waals surface area (Å²) in [7, 11) is -2.13. The van der Waals surface area contributed by atoms with Crippen molar-refractivity contribution >= 4 is 21.6 Å². The standard InChI is InChI=1S/C15H21ClFNO2S/c1-11-4-3-5-14(8-11)18(2)21(19,20)15-9-13(17)7-6-12(15)10-16/h6-7,9,11,14H,3-5,8,10H2,1-2H3.